The first-order valence-electron chi connectivity index (χ1n) is 9.32. The van der Waals surface area contributed by atoms with Crippen LogP contribution in [0, 0.1) is 0 Å². The largest absolute Gasteiger partial charge is 0.478 e. The molecule has 0 saturated carbocycles. The van der Waals surface area contributed by atoms with E-state index in [-0.39, 0.29) is 36.8 Å². The second-order valence-corrected chi connectivity index (χ2v) is 7.99. The van der Waals surface area contributed by atoms with Crippen LogP contribution in [0.5, 0.6) is 0 Å². The van der Waals surface area contributed by atoms with Crippen molar-refractivity contribution in [2.75, 3.05) is 5.73 Å². The van der Waals surface area contributed by atoms with E-state index in [2.05, 4.69) is 16.4 Å². The van der Waals surface area contributed by atoms with E-state index < -0.39 is 5.97 Å². The third-order valence-electron chi connectivity index (χ3n) is 4.65. The number of aromatic carboxylic acids is 1. The molecule has 0 aliphatic carbocycles. The minimum Gasteiger partial charge on any atom is -0.478 e. The van der Waals surface area contributed by atoms with Crippen molar-refractivity contribution >= 4 is 51.5 Å². The van der Waals surface area contributed by atoms with Gasteiger partial charge in [0.2, 0.25) is 5.91 Å². The molecule has 0 bridgehead atoms. The van der Waals surface area contributed by atoms with Crippen molar-refractivity contribution in [3.63, 3.8) is 0 Å². The normalized spacial score (nSPS) is 10.5. The summed E-state index contributed by atoms with van der Waals surface area (Å²) in [6.07, 6.45) is 0.176. The van der Waals surface area contributed by atoms with Gasteiger partial charge in [-0.15, -0.1) is 23.7 Å². The van der Waals surface area contributed by atoms with Gasteiger partial charge in [0.25, 0.3) is 0 Å². The molecule has 0 fully saturated rings. The van der Waals surface area contributed by atoms with Crippen LogP contribution in [0.15, 0.2) is 66.7 Å². The average molecular weight is 454 g/mol. The predicted molar refractivity (Wildman–Crippen MR) is 126 cm³/mol. The van der Waals surface area contributed by atoms with Gasteiger partial charge < -0.3 is 16.2 Å². The molecule has 0 aliphatic rings. The number of fused-ring (bicyclic) bond motifs is 1. The monoisotopic (exact) mass is 453 g/mol. The highest BCUT2D eigenvalue weighted by molar-refractivity contribution is 7.18. The van der Waals surface area contributed by atoms with E-state index in [4.69, 9.17) is 10.8 Å². The SMILES string of the molecule is Cl.Nc1ccc(-c2ccc3nc(CC(=O)NCc4cccc(C(=O)O)c4)sc3c2)cc1. The predicted octanol–water partition coefficient (Wildman–Crippen LogP) is 4.52. The first-order valence-corrected chi connectivity index (χ1v) is 10.1. The van der Waals surface area contributed by atoms with Crippen LogP contribution in [0.1, 0.15) is 20.9 Å². The second-order valence-electron chi connectivity index (χ2n) is 6.87. The summed E-state index contributed by atoms with van der Waals surface area (Å²) in [5, 5.41) is 12.6. The third-order valence-corrected chi connectivity index (χ3v) is 5.67. The maximum absolute atomic E-state index is 12.3. The zero-order valence-corrected chi connectivity index (χ0v) is 18.0. The molecule has 1 amide bonds. The first-order chi connectivity index (χ1) is 14.5. The molecule has 4 N–H and O–H groups in total. The van der Waals surface area contributed by atoms with Gasteiger partial charge in [0, 0.05) is 12.2 Å². The van der Waals surface area contributed by atoms with Crippen molar-refractivity contribution in [3.05, 3.63) is 82.9 Å². The molecule has 1 heterocycles. The topological polar surface area (TPSA) is 105 Å². The van der Waals surface area contributed by atoms with Crippen LogP contribution >= 0.6 is 23.7 Å². The molecular formula is C23H20ClN3O3S. The van der Waals surface area contributed by atoms with Crippen LogP contribution in [0.25, 0.3) is 21.3 Å². The summed E-state index contributed by atoms with van der Waals surface area (Å²) in [5.41, 5.74) is 10.4. The van der Waals surface area contributed by atoms with E-state index in [9.17, 15) is 9.59 Å². The number of benzene rings is 3. The molecule has 0 spiro atoms. The summed E-state index contributed by atoms with van der Waals surface area (Å²) in [5.74, 6) is -1.15. The Morgan fingerprint density at radius 1 is 1.00 bits per heavy atom. The van der Waals surface area contributed by atoms with E-state index in [0.29, 0.717) is 0 Å². The molecule has 0 unspecified atom stereocenters. The van der Waals surface area contributed by atoms with Gasteiger partial charge in [0.1, 0.15) is 5.01 Å². The number of nitrogen functional groups attached to an aromatic ring is 1. The van der Waals surface area contributed by atoms with Crippen LogP contribution in [-0.2, 0) is 17.8 Å². The van der Waals surface area contributed by atoms with Crippen LogP contribution in [0.4, 0.5) is 5.69 Å². The Hall–Kier alpha value is -3.42. The number of hydrogen-bond acceptors (Lipinski definition) is 5. The highest BCUT2D eigenvalue weighted by Gasteiger charge is 2.11. The Balaban J connectivity index is 0.00000272. The molecule has 1 aromatic heterocycles. The molecular weight excluding hydrogens is 434 g/mol. The summed E-state index contributed by atoms with van der Waals surface area (Å²) < 4.78 is 1.02. The molecule has 0 atom stereocenters. The molecule has 8 heteroatoms. The third kappa shape index (κ3) is 5.39. The number of carboxylic acid groups (broad SMARTS) is 1. The van der Waals surface area contributed by atoms with Crippen molar-refractivity contribution in [3.8, 4) is 11.1 Å². The fourth-order valence-electron chi connectivity index (χ4n) is 3.12. The number of rotatable bonds is 6. The Morgan fingerprint density at radius 3 is 2.48 bits per heavy atom. The van der Waals surface area contributed by atoms with Crippen molar-refractivity contribution in [1.29, 1.82) is 0 Å². The Morgan fingerprint density at radius 2 is 1.74 bits per heavy atom. The molecule has 158 valence electrons. The lowest BCUT2D eigenvalue weighted by atomic mass is 10.1. The lowest BCUT2D eigenvalue weighted by molar-refractivity contribution is -0.120. The minimum atomic E-state index is -0.990. The fraction of sp³-hybridized carbons (Fsp3) is 0.0870. The van der Waals surface area contributed by atoms with Crippen LogP contribution < -0.4 is 11.1 Å². The molecule has 6 nitrogen and oxygen atoms in total. The minimum absolute atomic E-state index is 0. The summed E-state index contributed by atoms with van der Waals surface area (Å²) in [6.45, 7) is 0.270. The van der Waals surface area contributed by atoms with Gasteiger partial charge in [-0.05, 0) is 53.1 Å². The van der Waals surface area contributed by atoms with E-state index in [0.717, 1.165) is 37.6 Å². The zero-order valence-electron chi connectivity index (χ0n) is 16.4. The molecule has 3 aromatic carbocycles. The molecule has 0 aliphatic heterocycles. The highest BCUT2D eigenvalue weighted by Crippen LogP contribution is 2.29. The van der Waals surface area contributed by atoms with E-state index in [1.165, 1.54) is 17.4 Å². The van der Waals surface area contributed by atoms with Gasteiger partial charge in [0.05, 0.1) is 22.2 Å². The molecule has 0 radical (unpaired) electrons. The van der Waals surface area contributed by atoms with E-state index >= 15 is 0 Å². The highest BCUT2D eigenvalue weighted by atomic mass is 35.5. The number of nitrogens with zero attached hydrogens (tertiary/aromatic N) is 1. The maximum Gasteiger partial charge on any atom is 0.335 e. The number of thiazole rings is 1. The Labute approximate surface area is 189 Å². The average Bonchev–Trinajstić information content (AvgIpc) is 3.14. The molecule has 4 rings (SSSR count). The maximum atomic E-state index is 12.3. The summed E-state index contributed by atoms with van der Waals surface area (Å²) in [7, 11) is 0. The number of carbonyl (C=O) groups is 2. The number of anilines is 1. The Bertz CT molecular complexity index is 1240. The van der Waals surface area contributed by atoms with Crippen molar-refractivity contribution in [2.45, 2.75) is 13.0 Å². The van der Waals surface area contributed by atoms with Gasteiger partial charge in [-0.1, -0.05) is 30.3 Å². The van der Waals surface area contributed by atoms with Crippen molar-refractivity contribution in [1.82, 2.24) is 10.3 Å². The van der Waals surface area contributed by atoms with Crippen molar-refractivity contribution in [2.24, 2.45) is 0 Å². The number of nitrogens with two attached hydrogens (primary N) is 1. The number of carbonyl (C=O) groups excluding carboxylic acids is 1. The van der Waals surface area contributed by atoms with E-state index in [1.807, 2.05) is 36.4 Å². The van der Waals surface area contributed by atoms with Crippen LogP contribution in [0.3, 0.4) is 0 Å². The smallest absolute Gasteiger partial charge is 0.335 e. The fourth-order valence-corrected chi connectivity index (χ4v) is 4.12. The van der Waals surface area contributed by atoms with Gasteiger partial charge in [-0.2, -0.15) is 0 Å². The number of aromatic nitrogens is 1. The standard InChI is InChI=1S/C23H19N3O3S.ClH/c24-18-7-4-15(5-8-18)16-6-9-19-20(11-16)30-22(26-19)12-21(27)25-13-14-2-1-3-17(10-14)23(28)29;/h1-11H,12-13,24H2,(H,25,27)(H,28,29);1H. The second kappa shape index (κ2) is 9.59. The molecule has 31 heavy (non-hydrogen) atoms. The van der Waals surface area contributed by atoms with Gasteiger partial charge in [-0.3, -0.25) is 4.79 Å². The number of nitrogens with one attached hydrogen (secondary N) is 1. The first kappa shape index (κ1) is 22.3. The van der Waals surface area contributed by atoms with Crippen LogP contribution in [0.2, 0.25) is 0 Å². The van der Waals surface area contributed by atoms with Gasteiger partial charge >= 0.3 is 5.97 Å². The molecule has 0 saturated heterocycles. The van der Waals surface area contributed by atoms with Crippen LogP contribution in [-0.4, -0.2) is 22.0 Å². The summed E-state index contributed by atoms with van der Waals surface area (Å²) in [6, 6.07) is 20.2. The number of carboxylic acids is 1. The summed E-state index contributed by atoms with van der Waals surface area (Å²) >= 11 is 1.49. The number of halogens is 1. The number of hydrogen-bond donors (Lipinski definition) is 3. The van der Waals surface area contributed by atoms with Crippen molar-refractivity contribution < 1.29 is 14.7 Å². The lowest BCUT2D eigenvalue weighted by Gasteiger charge is -2.05. The molecule has 4 aromatic rings. The zero-order chi connectivity index (χ0) is 21.1. The van der Waals surface area contributed by atoms with Gasteiger partial charge in [0.15, 0.2) is 0 Å². The number of amides is 1. The van der Waals surface area contributed by atoms with E-state index in [1.54, 1.807) is 18.2 Å². The summed E-state index contributed by atoms with van der Waals surface area (Å²) in [4.78, 5) is 27.9. The quantitative estimate of drug-likeness (QED) is 0.372. The lowest BCUT2D eigenvalue weighted by Crippen LogP contribution is -2.24. The Kier molecular flexibility index (Phi) is 6.89. The van der Waals surface area contributed by atoms with Gasteiger partial charge in [-0.25, -0.2) is 9.78 Å².